The lowest BCUT2D eigenvalue weighted by molar-refractivity contribution is -0.117. The number of halogens is 1. The summed E-state index contributed by atoms with van der Waals surface area (Å²) in [6.07, 6.45) is 11.1. The van der Waals surface area contributed by atoms with Crippen LogP contribution in [0.2, 0.25) is 5.02 Å². The number of aromatic nitrogens is 5. The van der Waals surface area contributed by atoms with Crippen molar-refractivity contribution in [1.82, 2.24) is 25.0 Å². The molecule has 5 rings (SSSR count). The third kappa shape index (κ3) is 4.31. The van der Waals surface area contributed by atoms with Gasteiger partial charge in [-0.25, -0.2) is 4.98 Å². The largest absolute Gasteiger partial charge is 0.311 e. The van der Waals surface area contributed by atoms with E-state index in [0.29, 0.717) is 29.1 Å². The van der Waals surface area contributed by atoms with Crippen LogP contribution in [-0.4, -0.2) is 30.9 Å². The number of carbonyl (C=O) groups is 1. The van der Waals surface area contributed by atoms with Gasteiger partial charge in [-0.1, -0.05) is 31.9 Å². The molecule has 0 radical (unpaired) electrons. The highest BCUT2D eigenvalue weighted by Crippen LogP contribution is 2.40. The fourth-order valence-corrected chi connectivity index (χ4v) is 5.50. The average Bonchev–Trinajstić information content (AvgIpc) is 3.46. The van der Waals surface area contributed by atoms with Crippen LogP contribution in [0, 0.1) is 11.3 Å². The van der Waals surface area contributed by atoms with E-state index >= 15 is 0 Å². The maximum Gasteiger partial charge on any atom is 0.225 e. The Balaban J connectivity index is 1.27. The molecule has 0 spiro atoms. The molecule has 2 unspecified atom stereocenters. The fourth-order valence-electron chi connectivity index (χ4n) is 5.30. The second-order valence-corrected chi connectivity index (χ2v) is 10.5. The molecule has 8 heteroatoms. The summed E-state index contributed by atoms with van der Waals surface area (Å²) in [6.45, 7) is 5.39. The molecule has 1 aliphatic carbocycles. The predicted octanol–water partition coefficient (Wildman–Crippen LogP) is 5.21. The zero-order chi connectivity index (χ0) is 22.3. The SMILES string of the molecule is CC1(C)Cc2c(-c3cc(NC(=O)CC4CCCC(c5ccn[nH]5)C4)ncc3Cl)cnn2C1. The average molecular weight is 453 g/mol. The van der Waals surface area contributed by atoms with E-state index in [2.05, 4.69) is 44.1 Å². The van der Waals surface area contributed by atoms with E-state index in [9.17, 15) is 4.79 Å². The molecule has 32 heavy (non-hydrogen) atoms. The number of aromatic amines is 1. The van der Waals surface area contributed by atoms with E-state index in [-0.39, 0.29) is 11.3 Å². The van der Waals surface area contributed by atoms with Crippen LogP contribution in [0.1, 0.15) is 63.3 Å². The molecule has 3 aromatic heterocycles. The molecular weight excluding hydrogens is 424 g/mol. The number of H-pyrrole nitrogens is 1. The minimum absolute atomic E-state index is 0.00222. The van der Waals surface area contributed by atoms with Crippen molar-refractivity contribution in [3.05, 3.63) is 47.1 Å². The van der Waals surface area contributed by atoms with Gasteiger partial charge in [-0.05, 0) is 49.1 Å². The number of rotatable bonds is 5. The monoisotopic (exact) mass is 452 g/mol. The highest BCUT2D eigenvalue weighted by Gasteiger charge is 2.32. The zero-order valence-electron chi connectivity index (χ0n) is 18.6. The maximum absolute atomic E-state index is 12.8. The van der Waals surface area contributed by atoms with Gasteiger partial charge < -0.3 is 5.32 Å². The first-order chi connectivity index (χ1) is 15.4. The Labute approximate surface area is 193 Å². The molecular formula is C24H29ClN6O. The Bertz CT molecular complexity index is 1120. The third-order valence-electron chi connectivity index (χ3n) is 6.80. The molecule has 0 saturated heterocycles. The van der Waals surface area contributed by atoms with Crippen molar-refractivity contribution in [1.29, 1.82) is 0 Å². The summed E-state index contributed by atoms with van der Waals surface area (Å²) in [7, 11) is 0. The predicted molar refractivity (Wildman–Crippen MR) is 124 cm³/mol. The minimum atomic E-state index is 0.00222. The number of anilines is 1. The lowest BCUT2D eigenvalue weighted by Crippen LogP contribution is -2.21. The van der Waals surface area contributed by atoms with E-state index in [0.717, 1.165) is 49.8 Å². The van der Waals surface area contributed by atoms with Crippen molar-refractivity contribution in [2.75, 3.05) is 5.32 Å². The van der Waals surface area contributed by atoms with Gasteiger partial charge in [0.25, 0.3) is 0 Å². The van der Waals surface area contributed by atoms with Crippen molar-refractivity contribution in [3.63, 3.8) is 0 Å². The first-order valence-electron chi connectivity index (χ1n) is 11.4. The van der Waals surface area contributed by atoms with E-state index in [1.165, 1.54) is 11.4 Å². The van der Waals surface area contributed by atoms with Gasteiger partial charge in [0.15, 0.2) is 0 Å². The molecule has 0 bridgehead atoms. The number of fused-ring (bicyclic) bond motifs is 1. The van der Waals surface area contributed by atoms with Gasteiger partial charge in [0, 0.05) is 53.8 Å². The van der Waals surface area contributed by atoms with Gasteiger partial charge in [-0.15, -0.1) is 0 Å². The molecule has 2 atom stereocenters. The van der Waals surface area contributed by atoms with Crippen molar-refractivity contribution in [3.8, 4) is 11.1 Å². The highest BCUT2D eigenvalue weighted by atomic mass is 35.5. The Kier molecular flexibility index (Phi) is 5.53. The number of carbonyl (C=O) groups excluding carboxylic acids is 1. The molecule has 168 valence electrons. The van der Waals surface area contributed by atoms with Crippen LogP contribution in [0.15, 0.2) is 30.7 Å². The van der Waals surface area contributed by atoms with E-state index in [1.54, 1.807) is 12.4 Å². The smallest absolute Gasteiger partial charge is 0.225 e. The van der Waals surface area contributed by atoms with Gasteiger partial charge in [0.05, 0.1) is 11.2 Å². The summed E-state index contributed by atoms with van der Waals surface area (Å²) in [6, 6.07) is 3.92. The van der Waals surface area contributed by atoms with E-state index in [1.807, 2.05) is 18.3 Å². The number of hydrogen-bond donors (Lipinski definition) is 2. The quantitative estimate of drug-likeness (QED) is 0.556. The minimum Gasteiger partial charge on any atom is -0.311 e. The molecule has 1 amide bonds. The van der Waals surface area contributed by atoms with Crippen LogP contribution < -0.4 is 5.32 Å². The molecule has 1 aliphatic heterocycles. The van der Waals surface area contributed by atoms with Crippen LogP contribution in [0.5, 0.6) is 0 Å². The maximum atomic E-state index is 12.8. The molecule has 2 aliphatic rings. The molecule has 0 aromatic carbocycles. The van der Waals surface area contributed by atoms with Gasteiger partial charge >= 0.3 is 0 Å². The van der Waals surface area contributed by atoms with Crippen LogP contribution in [0.4, 0.5) is 5.82 Å². The van der Waals surface area contributed by atoms with Crippen molar-refractivity contribution in [2.45, 2.75) is 64.8 Å². The molecule has 2 N–H and O–H groups in total. The van der Waals surface area contributed by atoms with Crippen LogP contribution >= 0.6 is 11.6 Å². The number of nitrogens with zero attached hydrogens (tertiary/aromatic N) is 4. The van der Waals surface area contributed by atoms with Crippen molar-refractivity contribution in [2.24, 2.45) is 11.3 Å². The number of nitrogens with one attached hydrogen (secondary N) is 2. The summed E-state index contributed by atoms with van der Waals surface area (Å²) in [5.41, 5.74) is 4.44. The number of amides is 1. The number of hydrogen-bond acceptors (Lipinski definition) is 4. The third-order valence-corrected chi connectivity index (χ3v) is 7.11. The summed E-state index contributed by atoms with van der Waals surface area (Å²) >= 11 is 6.50. The second-order valence-electron chi connectivity index (χ2n) is 10.0. The van der Waals surface area contributed by atoms with Gasteiger partial charge in [0.1, 0.15) is 5.82 Å². The number of pyridine rings is 1. The van der Waals surface area contributed by atoms with Crippen LogP contribution in [0.3, 0.4) is 0 Å². The standard InChI is InChI=1S/C24H29ClN6O/c1-24(2)11-21-18(12-28-31(21)14-24)17-10-22(26-13-19(17)25)29-23(32)9-15-4-3-5-16(8-15)20-6-7-27-30-20/h6-7,10,12-13,15-16H,3-5,8-9,11,14H2,1-2H3,(H,27,30)(H,26,29,32). The Morgan fingerprint density at radius 2 is 2.19 bits per heavy atom. The fraction of sp³-hybridized carbons (Fsp3) is 0.500. The lowest BCUT2D eigenvalue weighted by atomic mass is 9.78. The normalized spacial score (nSPS) is 22.0. The van der Waals surface area contributed by atoms with Gasteiger partial charge in [0.2, 0.25) is 5.91 Å². The summed E-state index contributed by atoms with van der Waals surface area (Å²) in [5.74, 6) is 1.36. The van der Waals surface area contributed by atoms with Crippen molar-refractivity contribution >= 4 is 23.3 Å². The topological polar surface area (TPSA) is 88.5 Å². The lowest BCUT2D eigenvalue weighted by Gasteiger charge is -2.28. The van der Waals surface area contributed by atoms with Crippen LogP contribution in [-0.2, 0) is 17.8 Å². The Morgan fingerprint density at radius 3 is 3.00 bits per heavy atom. The van der Waals surface area contributed by atoms with E-state index in [4.69, 9.17) is 11.6 Å². The summed E-state index contributed by atoms with van der Waals surface area (Å²) < 4.78 is 2.06. The first-order valence-corrected chi connectivity index (χ1v) is 11.8. The summed E-state index contributed by atoms with van der Waals surface area (Å²) in [5, 5.41) is 15.3. The molecule has 4 heterocycles. The summed E-state index contributed by atoms with van der Waals surface area (Å²) in [4.78, 5) is 17.2. The van der Waals surface area contributed by atoms with Crippen molar-refractivity contribution < 1.29 is 4.79 Å². The van der Waals surface area contributed by atoms with E-state index < -0.39 is 0 Å². The zero-order valence-corrected chi connectivity index (χ0v) is 19.3. The highest BCUT2D eigenvalue weighted by molar-refractivity contribution is 6.33. The Hall–Kier alpha value is -2.67. The Morgan fingerprint density at radius 1 is 1.31 bits per heavy atom. The molecule has 3 aromatic rings. The van der Waals surface area contributed by atoms with Gasteiger partial charge in [-0.3, -0.25) is 14.6 Å². The second kappa shape index (κ2) is 8.35. The van der Waals surface area contributed by atoms with Gasteiger partial charge in [-0.2, -0.15) is 10.2 Å². The first kappa shape index (κ1) is 21.2. The van der Waals surface area contributed by atoms with Crippen LogP contribution in [0.25, 0.3) is 11.1 Å². The molecule has 1 fully saturated rings. The molecule has 1 saturated carbocycles. The molecule has 7 nitrogen and oxygen atoms in total.